The van der Waals surface area contributed by atoms with Crippen molar-refractivity contribution in [3.8, 4) is 0 Å². The van der Waals surface area contributed by atoms with Gasteiger partial charge in [0.1, 0.15) is 0 Å². The number of carbonyl (C=O) groups excluding carboxylic acids is 1. The molecule has 0 bridgehead atoms. The predicted octanol–water partition coefficient (Wildman–Crippen LogP) is -0.486. The van der Waals surface area contributed by atoms with Gasteiger partial charge in [0.05, 0.1) is 0 Å². The van der Waals surface area contributed by atoms with E-state index in [-0.39, 0.29) is 5.91 Å². The van der Waals surface area contributed by atoms with Crippen molar-refractivity contribution in [2.45, 2.75) is 12.8 Å². The van der Waals surface area contributed by atoms with Crippen LogP contribution in [-0.2, 0) is 4.79 Å². The molecule has 0 atom stereocenters. The van der Waals surface area contributed by atoms with E-state index in [1.54, 1.807) is 7.05 Å². The predicted molar refractivity (Wildman–Crippen MR) is 43.6 cm³/mol. The lowest BCUT2D eigenvalue weighted by Crippen LogP contribution is -2.38. The Morgan fingerprint density at radius 1 is 1.64 bits per heavy atom. The van der Waals surface area contributed by atoms with Gasteiger partial charge in [-0.1, -0.05) is 0 Å². The summed E-state index contributed by atoms with van der Waals surface area (Å²) in [5.74, 6) is 0.358. The fourth-order valence-electron chi connectivity index (χ4n) is 0.961. The summed E-state index contributed by atoms with van der Waals surface area (Å²) in [5, 5.41) is 5.50. The molecule has 11 heavy (non-hydrogen) atoms. The summed E-state index contributed by atoms with van der Waals surface area (Å²) in [5.41, 5.74) is 0. The highest BCUT2D eigenvalue weighted by molar-refractivity contribution is 6.37. The first-order valence-corrected chi connectivity index (χ1v) is 3.85. The lowest BCUT2D eigenvalue weighted by Gasteiger charge is -2.03. The topological polar surface area (TPSA) is 53.5 Å². The summed E-state index contributed by atoms with van der Waals surface area (Å²) >= 11 is 0. The molecule has 0 saturated carbocycles. The van der Waals surface area contributed by atoms with Crippen LogP contribution >= 0.6 is 0 Å². The number of carbonyl (C=O) groups is 1. The van der Waals surface area contributed by atoms with Crippen LogP contribution in [0.2, 0.25) is 0 Å². The highest BCUT2D eigenvalue weighted by Crippen LogP contribution is 1.93. The van der Waals surface area contributed by atoms with Crippen molar-refractivity contribution in [1.82, 2.24) is 10.6 Å². The number of nitrogens with one attached hydrogen (secondary N) is 2. The van der Waals surface area contributed by atoms with Crippen molar-refractivity contribution < 1.29 is 4.79 Å². The molecule has 0 fully saturated rings. The van der Waals surface area contributed by atoms with Crippen molar-refractivity contribution >= 4 is 11.7 Å². The summed E-state index contributed by atoms with van der Waals surface area (Å²) in [6, 6.07) is 0. The van der Waals surface area contributed by atoms with Gasteiger partial charge in [0.15, 0.2) is 5.84 Å². The summed E-state index contributed by atoms with van der Waals surface area (Å²) in [7, 11) is 1.61. The minimum absolute atomic E-state index is 0.119. The Kier molecular flexibility index (Phi) is 2.89. The van der Waals surface area contributed by atoms with Crippen LogP contribution in [0, 0.1) is 0 Å². The second-order valence-electron chi connectivity index (χ2n) is 2.44. The van der Waals surface area contributed by atoms with Gasteiger partial charge in [0.2, 0.25) is 0 Å². The van der Waals surface area contributed by atoms with Crippen LogP contribution in [0.4, 0.5) is 0 Å². The molecule has 0 aromatic carbocycles. The number of amides is 1. The van der Waals surface area contributed by atoms with Crippen LogP contribution in [0.1, 0.15) is 12.8 Å². The molecule has 1 amide bonds. The SMILES string of the molecule is CNC(=O)C1=NCCCCN1. The van der Waals surface area contributed by atoms with Crippen molar-refractivity contribution in [2.75, 3.05) is 20.1 Å². The van der Waals surface area contributed by atoms with Crippen molar-refractivity contribution in [2.24, 2.45) is 4.99 Å². The van der Waals surface area contributed by atoms with E-state index in [1.807, 2.05) is 0 Å². The van der Waals surface area contributed by atoms with E-state index in [0.29, 0.717) is 5.84 Å². The third kappa shape index (κ3) is 2.22. The molecule has 0 spiro atoms. The van der Waals surface area contributed by atoms with Gasteiger partial charge in [0.25, 0.3) is 5.91 Å². The average Bonchev–Trinajstić information content (AvgIpc) is 2.30. The van der Waals surface area contributed by atoms with Gasteiger partial charge < -0.3 is 10.6 Å². The van der Waals surface area contributed by atoms with Crippen molar-refractivity contribution in [3.05, 3.63) is 0 Å². The Labute approximate surface area is 66.1 Å². The molecule has 1 aliphatic rings. The molecule has 0 unspecified atom stereocenters. The Morgan fingerprint density at radius 3 is 3.18 bits per heavy atom. The number of hydrogen-bond donors (Lipinski definition) is 2. The lowest BCUT2D eigenvalue weighted by atomic mass is 10.3. The smallest absolute Gasteiger partial charge is 0.286 e. The van der Waals surface area contributed by atoms with E-state index >= 15 is 0 Å². The quantitative estimate of drug-likeness (QED) is 0.537. The van der Waals surface area contributed by atoms with E-state index in [2.05, 4.69) is 15.6 Å². The Hall–Kier alpha value is -1.06. The molecule has 62 valence electrons. The molecule has 0 radical (unpaired) electrons. The van der Waals surface area contributed by atoms with Gasteiger partial charge >= 0.3 is 0 Å². The monoisotopic (exact) mass is 155 g/mol. The maximum absolute atomic E-state index is 11.0. The molecule has 0 saturated heterocycles. The first kappa shape index (κ1) is 8.04. The molecular formula is C7H13N3O. The van der Waals surface area contributed by atoms with Crippen LogP contribution in [0.15, 0.2) is 4.99 Å². The molecule has 0 aromatic rings. The first-order valence-electron chi connectivity index (χ1n) is 3.85. The van der Waals surface area contributed by atoms with Crippen LogP contribution < -0.4 is 10.6 Å². The molecule has 0 aromatic heterocycles. The van der Waals surface area contributed by atoms with E-state index < -0.39 is 0 Å². The third-order valence-electron chi connectivity index (χ3n) is 1.59. The van der Waals surface area contributed by atoms with E-state index in [9.17, 15) is 4.79 Å². The number of aliphatic imine (C=N–C) groups is 1. The number of amidine groups is 1. The Morgan fingerprint density at radius 2 is 2.45 bits per heavy atom. The van der Waals surface area contributed by atoms with Gasteiger partial charge in [-0.2, -0.15) is 0 Å². The Bertz CT molecular complexity index is 177. The zero-order valence-corrected chi connectivity index (χ0v) is 6.68. The van der Waals surface area contributed by atoms with E-state index in [0.717, 1.165) is 25.9 Å². The molecule has 1 heterocycles. The number of nitrogens with zero attached hydrogens (tertiary/aromatic N) is 1. The zero-order chi connectivity index (χ0) is 8.10. The average molecular weight is 155 g/mol. The minimum atomic E-state index is -0.119. The van der Waals surface area contributed by atoms with Gasteiger partial charge in [-0.25, -0.2) is 0 Å². The maximum atomic E-state index is 11.0. The summed E-state index contributed by atoms with van der Waals surface area (Å²) in [6.07, 6.45) is 2.15. The molecule has 1 rings (SSSR count). The normalized spacial score (nSPS) is 17.7. The number of rotatable bonds is 1. The van der Waals surface area contributed by atoms with Crippen molar-refractivity contribution in [3.63, 3.8) is 0 Å². The largest absolute Gasteiger partial charge is 0.366 e. The minimum Gasteiger partial charge on any atom is -0.366 e. The lowest BCUT2D eigenvalue weighted by molar-refractivity contribution is -0.114. The second-order valence-corrected chi connectivity index (χ2v) is 2.44. The molecular weight excluding hydrogens is 142 g/mol. The highest BCUT2D eigenvalue weighted by Gasteiger charge is 2.09. The van der Waals surface area contributed by atoms with Gasteiger partial charge in [-0.15, -0.1) is 0 Å². The molecule has 4 nitrogen and oxygen atoms in total. The van der Waals surface area contributed by atoms with Gasteiger partial charge in [0, 0.05) is 20.1 Å². The highest BCUT2D eigenvalue weighted by atomic mass is 16.2. The zero-order valence-electron chi connectivity index (χ0n) is 6.68. The second kappa shape index (κ2) is 3.95. The van der Waals surface area contributed by atoms with Crippen LogP contribution in [0.25, 0.3) is 0 Å². The number of likely N-dealkylation sites (N-methyl/N-ethyl adjacent to an activating group) is 1. The van der Waals surface area contributed by atoms with Crippen LogP contribution in [-0.4, -0.2) is 31.9 Å². The maximum Gasteiger partial charge on any atom is 0.286 e. The summed E-state index contributed by atoms with van der Waals surface area (Å²) in [4.78, 5) is 15.1. The van der Waals surface area contributed by atoms with E-state index in [1.165, 1.54) is 0 Å². The van der Waals surface area contributed by atoms with Crippen LogP contribution in [0.5, 0.6) is 0 Å². The fourth-order valence-corrected chi connectivity index (χ4v) is 0.961. The summed E-state index contributed by atoms with van der Waals surface area (Å²) in [6.45, 7) is 1.61. The molecule has 4 heteroatoms. The van der Waals surface area contributed by atoms with Crippen molar-refractivity contribution in [1.29, 1.82) is 0 Å². The van der Waals surface area contributed by atoms with Crippen LogP contribution in [0.3, 0.4) is 0 Å². The number of hydrogen-bond acceptors (Lipinski definition) is 3. The Balaban J connectivity index is 2.53. The van der Waals surface area contributed by atoms with Gasteiger partial charge in [-0.05, 0) is 12.8 Å². The first-order chi connectivity index (χ1) is 5.34. The summed E-state index contributed by atoms with van der Waals surface area (Å²) < 4.78 is 0. The third-order valence-corrected chi connectivity index (χ3v) is 1.59. The van der Waals surface area contributed by atoms with E-state index in [4.69, 9.17) is 0 Å². The standard InChI is InChI=1S/C7H13N3O/c1-8-7(11)6-9-4-2-3-5-10-6/h2-5H2,1H3,(H,8,11)(H,9,10). The molecule has 2 N–H and O–H groups in total. The molecule has 0 aliphatic carbocycles. The fraction of sp³-hybridized carbons (Fsp3) is 0.714. The van der Waals surface area contributed by atoms with Gasteiger partial charge in [-0.3, -0.25) is 9.79 Å². The molecule has 1 aliphatic heterocycles.